The first-order valence-corrected chi connectivity index (χ1v) is 3.82. The molecule has 0 atom stereocenters. The third kappa shape index (κ3) is 3.20. The van der Waals surface area contributed by atoms with Crippen LogP contribution >= 0.6 is 12.4 Å². The highest BCUT2D eigenvalue weighted by Gasteiger charge is 2.12. The van der Waals surface area contributed by atoms with E-state index in [9.17, 15) is 10.1 Å². The minimum atomic E-state index is -0.480. The van der Waals surface area contributed by atoms with Crippen LogP contribution in [0, 0.1) is 10.1 Å². The summed E-state index contributed by atoms with van der Waals surface area (Å²) in [5.41, 5.74) is 5.18. The van der Waals surface area contributed by atoms with E-state index in [1.54, 1.807) is 18.2 Å². The van der Waals surface area contributed by atoms with E-state index in [0.717, 1.165) is 0 Å². The van der Waals surface area contributed by atoms with Crippen molar-refractivity contribution < 1.29 is 9.66 Å². The van der Waals surface area contributed by atoms with Crippen LogP contribution in [0.3, 0.4) is 0 Å². The lowest BCUT2D eigenvalue weighted by Crippen LogP contribution is -2.11. The molecule has 0 aliphatic heterocycles. The van der Waals surface area contributed by atoms with E-state index in [-0.39, 0.29) is 30.5 Å². The average molecular weight is 219 g/mol. The van der Waals surface area contributed by atoms with Gasteiger partial charge in [0.2, 0.25) is 0 Å². The number of nitro benzene ring substituents is 1. The Hall–Kier alpha value is -1.33. The van der Waals surface area contributed by atoms with E-state index in [0.29, 0.717) is 6.54 Å². The van der Waals surface area contributed by atoms with Crippen molar-refractivity contribution in [2.24, 2.45) is 5.73 Å². The molecular weight excluding hydrogens is 208 g/mol. The van der Waals surface area contributed by atoms with E-state index in [1.807, 2.05) is 0 Å². The molecule has 0 heterocycles. The van der Waals surface area contributed by atoms with Gasteiger partial charge in [-0.15, -0.1) is 12.4 Å². The Kier molecular flexibility index (Phi) is 5.59. The van der Waals surface area contributed by atoms with Crippen molar-refractivity contribution in [3.05, 3.63) is 34.4 Å². The molecule has 14 heavy (non-hydrogen) atoms. The van der Waals surface area contributed by atoms with Crippen LogP contribution in [0.15, 0.2) is 24.3 Å². The number of hydrogen-bond acceptors (Lipinski definition) is 4. The lowest BCUT2D eigenvalue weighted by Gasteiger charge is -2.03. The Labute approximate surface area is 87.4 Å². The first-order chi connectivity index (χ1) is 6.25. The van der Waals surface area contributed by atoms with Crippen LogP contribution < -0.4 is 10.5 Å². The molecule has 0 amide bonds. The second-order valence-electron chi connectivity index (χ2n) is 2.36. The minimum absolute atomic E-state index is 0. The van der Waals surface area contributed by atoms with Crippen molar-refractivity contribution in [3.63, 3.8) is 0 Å². The molecule has 0 radical (unpaired) electrons. The molecule has 0 aliphatic rings. The third-order valence-electron chi connectivity index (χ3n) is 1.44. The largest absolute Gasteiger partial charge is 0.485 e. The third-order valence-corrected chi connectivity index (χ3v) is 1.44. The number of rotatable bonds is 4. The predicted octanol–water partition coefficient (Wildman–Crippen LogP) is 1.35. The number of halogens is 1. The Morgan fingerprint density at radius 3 is 2.64 bits per heavy atom. The van der Waals surface area contributed by atoms with Crippen molar-refractivity contribution in [2.45, 2.75) is 0 Å². The first-order valence-electron chi connectivity index (χ1n) is 3.82. The summed E-state index contributed by atoms with van der Waals surface area (Å²) in [6.07, 6.45) is 0. The molecule has 0 bridgehead atoms. The summed E-state index contributed by atoms with van der Waals surface area (Å²) < 4.78 is 5.08. The molecule has 0 saturated heterocycles. The van der Waals surface area contributed by atoms with E-state index in [4.69, 9.17) is 10.5 Å². The highest BCUT2D eigenvalue weighted by atomic mass is 35.5. The molecule has 1 aromatic rings. The normalized spacial score (nSPS) is 8.93. The number of benzene rings is 1. The summed E-state index contributed by atoms with van der Waals surface area (Å²) in [5.74, 6) is 0.262. The molecule has 2 N–H and O–H groups in total. The van der Waals surface area contributed by atoms with Crippen LogP contribution in [0.1, 0.15) is 0 Å². The van der Waals surface area contributed by atoms with Crippen LogP contribution in [-0.4, -0.2) is 18.1 Å². The van der Waals surface area contributed by atoms with Gasteiger partial charge in [-0.2, -0.15) is 0 Å². The zero-order valence-electron chi connectivity index (χ0n) is 7.38. The van der Waals surface area contributed by atoms with Crippen LogP contribution in [0.25, 0.3) is 0 Å². The van der Waals surface area contributed by atoms with Gasteiger partial charge in [-0.05, 0) is 6.07 Å². The number of hydrogen-bond donors (Lipinski definition) is 1. The summed E-state index contributed by atoms with van der Waals surface area (Å²) in [5, 5.41) is 10.5. The van der Waals surface area contributed by atoms with E-state index in [1.165, 1.54) is 6.07 Å². The van der Waals surface area contributed by atoms with Crippen molar-refractivity contribution in [1.82, 2.24) is 0 Å². The maximum Gasteiger partial charge on any atom is 0.310 e. The monoisotopic (exact) mass is 218 g/mol. The van der Waals surface area contributed by atoms with Crippen molar-refractivity contribution >= 4 is 18.1 Å². The van der Waals surface area contributed by atoms with Crippen molar-refractivity contribution in [1.29, 1.82) is 0 Å². The predicted molar refractivity (Wildman–Crippen MR) is 54.9 cm³/mol. The summed E-state index contributed by atoms with van der Waals surface area (Å²) in [6, 6.07) is 6.21. The fraction of sp³-hybridized carbons (Fsp3) is 0.250. The van der Waals surface area contributed by atoms with Gasteiger partial charge in [0.15, 0.2) is 5.75 Å². The Balaban J connectivity index is 0.00000169. The molecule has 0 saturated carbocycles. The zero-order chi connectivity index (χ0) is 9.68. The Bertz CT molecular complexity index is 306. The van der Waals surface area contributed by atoms with Crippen molar-refractivity contribution in [3.8, 4) is 5.75 Å². The van der Waals surface area contributed by atoms with Gasteiger partial charge in [-0.25, -0.2) is 0 Å². The first kappa shape index (κ1) is 12.7. The standard InChI is InChI=1S/C8H10N2O3.ClH/c9-5-6-13-8-4-2-1-3-7(8)10(11)12;/h1-4H,5-6,9H2;1H. The summed E-state index contributed by atoms with van der Waals surface area (Å²) >= 11 is 0. The molecule has 0 unspecified atom stereocenters. The maximum absolute atomic E-state index is 10.5. The number of para-hydroxylation sites is 2. The van der Waals surface area contributed by atoms with Crippen molar-refractivity contribution in [2.75, 3.05) is 13.2 Å². The summed E-state index contributed by atoms with van der Waals surface area (Å²) in [6.45, 7) is 0.622. The van der Waals surface area contributed by atoms with Gasteiger partial charge in [0.05, 0.1) is 4.92 Å². The topological polar surface area (TPSA) is 78.4 Å². The zero-order valence-corrected chi connectivity index (χ0v) is 8.20. The lowest BCUT2D eigenvalue weighted by molar-refractivity contribution is -0.385. The second-order valence-corrected chi connectivity index (χ2v) is 2.36. The summed E-state index contributed by atoms with van der Waals surface area (Å²) in [7, 11) is 0. The SMILES string of the molecule is Cl.NCCOc1ccccc1[N+](=O)[O-]. The molecule has 0 fully saturated rings. The van der Waals surface area contributed by atoms with Gasteiger partial charge in [0.25, 0.3) is 0 Å². The van der Waals surface area contributed by atoms with E-state index >= 15 is 0 Å². The smallest absolute Gasteiger partial charge is 0.310 e. The van der Waals surface area contributed by atoms with Gasteiger partial charge in [-0.3, -0.25) is 10.1 Å². The van der Waals surface area contributed by atoms with Gasteiger partial charge >= 0.3 is 5.69 Å². The lowest BCUT2D eigenvalue weighted by atomic mass is 10.3. The molecule has 0 aromatic heterocycles. The molecule has 0 aliphatic carbocycles. The number of nitro groups is 1. The number of nitrogens with two attached hydrogens (primary N) is 1. The molecule has 1 aromatic carbocycles. The van der Waals surface area contributed by atoms with Gasteiger partial charge in [0.1, 0.15) is 6.61 Å². The molecule has 78 valence electrons. The fourth-order valence-electron chi connectivity index (χ4n) is 0.899. The average Bonchev–Trinajstić information content (AvgIpc) is 2.15. The van der Waals surface area contributed by atoms with Gasteiger partial charge < -0.3 is 10.5 Å². The number of nitrogens with zero attached hydrogens (tertiary/aromatic N) is 1. The van der Waals surface area contributed by atoms with Crippen LogP contribution in [0.2, 0.25) is 0 Å². The highest BCUT2D eigenvalue weighted by Crippen LogP contribution is 2.25. The Morgan fingerprint density at radius 2 is 2.07 bits per heavy atom. The summed E-state index contributed by atoms with van der Waals surface area (Å²) in [4.78, 5) is 10.00. The quantitative estimate of drug-likeness (QED) is 0.611. The van der Waals surface area contributed by atoms with Crippen LogP contribution in [0.5, 0.6) is 5.75 Å². The number of ether oxygens (including phenoxy) is 1. The van der Waals surface area contributed by atoms with E-state index < -0.39 is 4.92 Å². The minimum Gasteiger partial charge on any atom is -0.485 e. The fourth-order valence-corrected chi connectivity index (χ4v) is 0.899. The van der Waals surface area contributed by atoms with Crippen LogP contribution in [0.4, 0.5) is 5.69 Å². The molecule has 6 heteroatoms. The Morgan fingerprint density at radius 1 is 1.43 bits per heavy atom. The molecular formula is C8H11ClN2O3. The maximum atomic E-state index is 10.5. The molecule has 0 spiro atoms. The molecule has 5 nitrogen and oxygen atoms in total. The second kappa shape index (κ2) is 6.17. The van der Waals surface area contributed by atoms with E-state index in [2.05, 4.69) is 0 Å². The van der Waals surface area contributed by atoms with Crippen LogP contribution in [-0.2, 0) is 0 Å². The highest BCUT2D eigenvalue weighted by molar-refractivity contribution is 5.85. The van der Waals surface area contributed by atoms with Gasteiger partial charge in [0, 0.05) is 12.6 Å². The van der Waals surface area contributed by atoms with Gasteiger partial charge in [-0.1, -0.05) is 12.1 Å². The molecule has 1 rings (SSSR count).